The van der Waals surface area contributed by atoms with Gasteiger partial charge in [-0.3, -0.25) is 4.79 Å². The van der Waals surface area contributed by atoms with E-state index >= 15 is 0 Å². The Morgan fingerprint density at radius 3 is 2.44 bits per heavy atom. The highest BCUT2D eigenvalue weighted by molar-refractivity contribution is 5.90. The zero-order valence-electron chi connectivity index (χ0n) is 15.9. The van der Waals surface area contributed by atoms with Crippen LogP contribution < -0.4 is 0 Å². The summed E-state index contributed by atoms with van der Waals surface area (Å²) in [5, 5.41) is 0.893. The summed E-state index contributed by atoms with van der Waals surface area (Å²) in [5.41, 5.74) is 1.70. The lowest BCUT2D eigenvalue weighted by Gasteiger charge is -2.09. The standard InChI is InChI=1S/C18H14FNO3.C3H9N/c1-2-23-18(22)14-5-6-16(15(19)10-14)20-8-7-13-4-3-12(11-21)9-17(13)20;1-4(2)3/h3-11H,2H2,1H3;1-3H3. The Labute approximate surface area is 158 Å². The average molecular weight is 370 g/mol. The first-order valence-corrected chi connectivity index (χ1v) is 8.51. The first kappa shape index (κ1) is 20.3. The van der Waals surface area contributed by atoms with Gasteiger partial charge in [0.1, 0.15) is 12.1 Å². The summed E-state index contributed by atoms with van der Waals surface area (Å²) in [5.74, 6) is -1.09. The van der Waals surface area contributed by atoms with Crippen LogP contribution in [0, 0.1) is 5.82 Å². The Morgan fingerprint density at radius 2 is 1.85 bits per heavy atom. The number of benzene rings is 2. The Morgan fingerprint density at radius 1 is 1.15 bits per heavy atom. The molecule has 0 saturated heterocycles. The molecule has 6 heteroatoms. The number of hydrogen-bond acceptors (Lipinski definition) is 4. The SMILES string of the molecule is CCOC(=O)c1ccc(-n2ccc3ccc(C=O)cc32)c(F)c1.CN(C)C. The average Bonchev–Trinajstić information content (AvgIpc) is 3.04. The van der Waals surface area contributed by atoms with E-state index in [1.54, 1.807) is 35.9 Å². The quantitative estimate of drug-likeness (QED) is 0.516. The summed E-state index contributed by atoms with van der Waals surface area (Å²) in [6.45, 7) is 1.93. The fraction of sp³-hybridized carbons (Fsp3) is 0.238. The van der Waals surface area contributed by atoms with E-state index in [1.165, 1.54) is 12.1 Å². The van der Waals surface area contributed by atoms with Gasteiger partial charge in [-0.05, 0) is 63.8 Å². The number of halogens is 1. The van der Waals surface area contributed by atoms with Crippen LogP contribution in [0.1, 0.15) is 27.6 Å². The summed E-state index contributed by atoms with van der Waals surface area (Å²) >= 11 is 0. The van der Waals surface area contributed by atoms with E-state index in [0.29, 0.717) is 11.3 Å². The minimum absolute atomic E-state index is 0.165. The van der Waals surface area contributed by atoms with Crippen molar-refractivity contribution in [3.05, 3.63) is 65.6 Å². The van der Waals surface area contributed by atoms with Gasteiger partial charge in [-0.25, -0.2) is 9.18 Å². The van der Waals surface area contributed by atoms with Crippen molar-refractivity contribution < 1.29 is 18.7 Å². The number of ether oxygens (including phenoxy) is 1. The van der Waals surface area contributed by atoms with Crippen molar-refractivity contribution in [2.75, 3.05) is 27.7 Å². The fourth-order valence-corrected chi connectivity index (χ4v) is 2.47. The molecule has 2 aromatic carbocycles. The maximum Gasteiger partial charge on any atom is 0.338 e. The van der Waals surface area contributed by atoms with Crippen LogP contribution in [0.15, 0.2) is 48.7 Å². The maximum absolute atomic E-state index is 14.4. The van der Waals surface area contributed by atoms with Gasteiger partial charge in [-0.15, -0.1) is 0 Å². The van der Waals surface area contributed by atoms with Gasteiger partial charge in [-0.1, -0.05) is 12.1 Å². The summed E-state index contributed by atoms with van der Waals surface area (Å²) < 4.78 is 20.9. The summed E-state index contributed by atoms with van der Waals surface area (Å²) in [6, 6.07) is 11.2. The van der Waals surface area contributed by atoms with E-state index in [4.69, 9.17) is 4.74 Å². The van der Waals surface area contributed by atoms with Crippen molar-refractivity contribution >= 4 is 23.2 Å². The van der Waals surface area contributed by atoms with Crippen molar-refractivity contribution in [2.45, 2.75) is 6.92 Å². The van der Waals surface area contributed by atoms with Gasteiger partial charge in [-0.2, -0.15) is 0 Å². The number of rotatable bonds is 4. The first-order valence-electron chi connectivity index (χ1n) is 8.51. The molecular weight excluding hydrogens is 347 g/mol. The van der Waals surface area contributed by atoms with E-state index in [9.17, 15) is 14.0 Å². The molecule has 0 fully saturated rings. The second-order valence-corrected chi connectivity index (χ2v) is 6.35. The number of esters is 1. The minimum atomic E-state index is -0.557. The smallest absolute Gasteiger partial charge is 0.338 e. The lowest BCUT2D eigenvalue weighted by atomic mass is 10.1. The molecule has 0 amide bonds. The Hall–Kier alpha value is -2.99. The molecule has 5 nitrogen and oxygen atoms in total. The Kier molecular flexibility index (Phi) is 6.85. The number of carbonyl (C=O) groups is 2. The first-order chi connectivity index (χ1) is 12.9. The molecular formula is C21H23FN2O3. The molecule has 0 aliphatic rings. The molecule has 27 heavy (non-hydrogen) atoms. The molecule has 0 N–H and O–H groups in total. The summed E-state index contributed by atoms with van der Waals surface area (Å²) in [7, 11) is 6.00. The highest BCUT2D eigenvalue weighted by atomic mass is 19.1. The van der Waals surface area contributed by atoms with E-state index in [1.807, 2.05) is 32.1 Å². The van der Waals surface area contributed by atoms with Crippen LogP contribution in [0.5, 0.6) is 0 Å². The molecule has 0 bridgehead atoms. The number of nitrogens with zero attached hydrogens (tertiary/aromatic N) is 2. The molecule has 1 aromatic heterocycles. The largest absolute Gasteiger partial charge is 0.462 e. The van der Waals surface area contributed by atoms with Crippen LogP contribution in [0.4, 0.5) is 4.39 Å². The molecule has 0 spiro atoms. The molecule has 1 heterocycles. The van der Waals surface area contributed by atoms with Gasteiger partial charge in [0, 0.05) is 11.8 Å². The lowest BCUT2D eigenvalue weighted by molar-refractivity contribution is 0.0525. The Bertz CT molecular complexity index is 945. The normalized spacial score (nSPS) is 10.4. The second-order valence-electron chi connectivity index (χ2n) is 6.35. The minimum Gasteiger partial charge on any atom is -0.462 e. The van der Waals surface area contributed by atoms with E-state index in [2.05, 4.69) is 0 Å². The molecule has 0 radical (unpaired) electrons. The van der Waals surface area contributed by atoms with Gasteiger partial charge in [0.25, 0.3) is 0 Å². The van der Waals surface area contributed by atoms with E-state index in [0.717, 1.165) is 23.3 Å². The number of fused-ring (bicyclic) bond motifs is 1. The molecule has 0 aliphatic carbocycles. The maximum atomic E-state index is 14.4. The van der Waals surface area contributed by atoms with Gasteiger partial charge in [0.05, 0.1) is 23.4 Å². The summed E-state index contributed by atoms with van der Waals surface area (Å²) in [6.07, 6.45) is 2.47. The van der Waals surface area contributed by atoms with E-state index in [-0.39, 0.29) is 12.2 Å². The van der Waals surface area contributed by atoms with Gasteiger partial charge in [0.15, 0.2) is 0 Å². The van der Waals surface area contributed by atoms with Gasteiger partial charge >= 0.3 is 5.97 Å². The monoisotopic (exact) mass is 370 g/mol. The van der Waals surface area contributed by atoms with Crippen LogP contribution in [0.3, 0.4) is 0 Å². The van der Waals surface area contributed by atoms with Gasteiger partial charge in [0.2, 0.25) is 0 Å². The van der Waals surface area contributed by atoms with Crippen LogP contribution in [0.25, 0.3) is 16.6 Å². The van der Waals surface area contributed by atoms with E-state index < -0.39 is 11.8 Å². The molecule has 0 atom stereocenters. The molecule has 0 aliphatic heterocycles. The van der Waals surface area contributed by atoms with Crippen molar-refractivity contribution in [3.63, 3.8) is 0 Å². The highest BCUT2D eigenvalue weighted by Crippen LogP contribution is 2.24. The van der Waals surface area contributed by atoms with Gasteiger partial charge < -0.3 is 14.2 Å². The van der Waals surface area contributed by atoms with Crippen LogP contribution in [-0.2, 0) is 4.74 Å². The zero-order chi connectivity index (χ0) is 20.0. The third-order valence-corrected chi connectivity index (χ3v) is 3.57. The van der Waals surface area contributed by atoms with Crippen molar-refractivity contribution in [1.29, 1.82) is 0 Å². The second kappa shape index (κ2) is 9.09. The molecule has 0 saturated carbocycles. The van der Waals surface area contributed by atoms with Crippen molar-refractivity contribution in [2.24, 2.45) is 0 Å². The molecule has 3 rings (SSSR count). The lowest BCUT2D eigenvalue weighted by Crippen LogP contribution is -2.06. The number of carbonyl (C=O) groups excluding carboxylic acids is 2. The highest BCUT2D eigenvalue weighted by Gasteiger charge is 2.13. The van der Waals surface area contributed by atoms with Crippen LogP contribution in [0.2, 0.25) is 0 Å². The topological polar surface area (TPSA) is 51.5 Å². The molecule has 3 aromatic rings. The fourth-order valence-electron chi connectivity index (χ4n) is 2.47. The third-order valence-electron chi connectivity index (χ3n) is 3.57. The predicted octanol–water partition coefficient (Wildman–Crippen LogP) is 3.94. The van der Waals surface area contributed by atoms with Crippen molar-refractivity contribution in [1.82, 2.24) is 9.47 Å². The predicted molar refractivity (Wildman–Crippen MR) is 104 cm³/mol. The summed E-state index contributed by atoms with van der Waals surface area (Å²) in [4.78, 5) is 24.6. The van der Waals surface area contributed by atoms with Crippen molar-refractivity contribution in [3.8, 4) is 5.69 Å². The third kappa shape index (κ3) is 5.01. The van der Waals surface area contributed by atoms with Crippen LogP contribution in [-0.4, -0.2) is 49.5 Å². The number of aromatic nitrogens is 1. The number of aldehydes is 1. The number of hydrogen-bond donors (Lipinski definition) is 0. The van der Waals surface area contributed by atoms with Crippen LogP contribution >= 0.6 is 0 Å². The molecule has 142 valence electrons. The molecule has 0 unspecified atom stereocenters. The zero-order valence-corrected chi connectivity index (χ0v) is 15.9. The Balaban J connectivity index is 0.000000596.